The summed E-state index contributed by atoms with van der Waals surface area (Å²) in [7, 11) is 0. The van der Waals surface area contributed by atoms with Gasteiger partial charge in [0.2, 0.25) is 5.91 Å². The molecule has 2 aromatic heterocycles. The van der Waals surface area contributed by atoms with Gasteiger partial charge in [-0.25, -0.2) is 4.98 Å². The fourth-order valence-corrected chi connectivity index (χ4v) is 3.90. The number of hydrogen-bond donors (Lipinski definition) is 1. The predicted molar refractivity (Wildman–Crippen MR) is 133 cm³/mol. The van der Waals surface area contributed by atoms with E-state index >= 15 is 0 Å². The van der Waals surface area contributed by atoms with Gasteiger partial charge in [-0.2, -0.15) is 0 Å². The average Bonchev–Trinajstić information content (AvgIpc) is 3.20. The van der Waals surface area contributed by atoms with Gasteiger partial charge in [0.15, 0.2) is 0 Å². The first-order chi connectivity index (χ1) is 16.3. The van der Waals surface area contributed by atoms with Gasteiger partial charge < -0.3 is 14.7 Å². The highest BCUT2D eigenvalue weighted by Crippen LogP contribution is 2.28. The first-order valence-corrected chi connectivity index (χ1v) is 11.3. The van der Waals surface area contributed by atoms with Crippen molar-refractivity contribution < 1.29 is 14.1 Å². The molecule has 2 amide bonds. The van der Waals surface area contributed by atoms with Crippen LogP contribution in [-0.2, 0) is 4.79 Å². The summed E-state index contributed by atoms with van der Waals surface area (Å²) in [5.41, 5.74) is 5.32. The first kappa shape index (κ1) is 23.4. The number of hydrogen-bond acceptors (Lipinski definition) is 5. The van der Waals surface area contributed by atoms with Gasteiger partial charge in [0.1, 0.15) is 6.54 Å². The Hall–Kier alpha value is -3.71. The van der Waals surface area contributed by atoms with E-state index in [9.17, 15) is 9.59 Å². The number of rotatable bonds is 6. The van der Waals surface area contributed by atoms with Crippen molar-refractivity contribution in [3.63, 3.8) is 0 Å². The molecule has 0 unspecified atom stereocenters. The van der Waals surface area contributed by atoms with Crippen LogP contribution in [0.15, 0.2) is 53.1 Å². The molecule has 2 aromatic carbocycles. The van der Waals surface area contributed by atoms with Gasteiger partial charge in [-0.15, -0.1) is 0 Å². The fraction of sp³-hybridized carbons (Fsp3) is 0.231. The van der Waals surface area contributed by atoms with Crippen molar-refractivity contribution in [1.82, 2.24) is 15.0 Å². The van der Waals surface area contributed by atoms with Crippen LogP contribution < -0.4 is 5.32 Å². The lowest BCUT2D eigenvalue weighted by Crippen LogP contribution is -2.38. The summed E-state index contributed by atoms with van der Waals surface area (Å²) in [5.74, 6) is -0.612. The van der Waals surface area contributed by atoms with E-state index in [1.54, 1.807) is 25.1 Å². The number of aromatic nitrogens is 2. The van der Waals surface area contributed by atoms with Crippen LogP contribution >= 0.6 is 11.6 Å². The highest BCUT2D eigenvalue weighted by molar-refractivity contribution is 6.31. The molecule has 0 spiro atoms. The molecule has 0 aliphatic heterocycles. The van der Waals surface area contributed by atoms with Crippen LogP contribution in [-0.4, -0.2) is 39.9 Å². The zero-order valence-corrected chi connectivity index (χ0v) is 20.2. The number of nitrogens with one attached hydrogen (secondary N) is 1. The molecule has 0 atom stereocenters. The molecular formula is C26H25ClN4O3. The summed E-state index contributed by atoms with van der Waals surface area (Å²) in [6.45, 7) is 7.70. The Labute approximate surface area is 202 Å². The average molecular weight is 477 g/mol. The molecule has 0 saturated heterocycles. The van der Waals surface area contributed by atoms with E-state index in [2.05, 4.69) is 15.5 Å². The van der Waals surface area contributed by atoms with Gasteiger partial charge in [-0.05, 0) is 51.5 Å². The van der Waals surface area contributed by atoms with Gasteiger partial charge in [0, 0.05) is 22.8 Å². The maximum atomic E-state index is 13.6. The minimum Gasteiger partial charge on any atom is -0.335 e. The van der Waals surface area contributed by atoms with E-state index in [0.29, 0.717) is 39.6 Å². The number of amides is 2. The Bertz CT molecular complexity index is 1380. The Balaban J connectivity index is 1.65. The SMILES string of the molecule is CCN(CC(=O)Nc1cc(Cl)ccc1C)C(=O)c1cc(-c2ccc(C)cc2)nc2onc(C)c12. The van der Waals surface area contributed by atoms with E-state index in [-0.39, 0.29) is 24.1 Å². The zero-order chi connectivity index (χ0) is 24.4. The van der Waals surface area contributed by atoms with E-state index in [0.717, 1.165) is 16.7 Å². The number of anilines is 1. The van der Waals surface area contributed by atoms with E-state index in [4.69, 9.17) is 16.1 Å². The summed E-state index contributed by atoms with van der Waals surface area (Å²) in [4.78, 5) is 32.5. The van der Waals surface area contributed by atoms with Gasteiger partial charge in [-0.1, -0.05) is 52.7 Å². The van der Waals surface area contributed by atoms with Crippen LogP contribution in [0.3, 0.4) is 0 Å². The number of pyridine rings is 1. The highest BCUT2D eigenvalue weighted by Gasteiger charge is 2.24. The predicted octanol–water partition coefficient (Wildman–Crippen LogP) is 5.57. The molecule has 8 heteroatoms. The maximum absolute atomic E-state index is 13.6. The molecule has 174 valence electrons. The molecule has 0 saturated carbocycles. The molecule has 2 heterocycles. The van der Waals surface area contributed by atoms with Crippen LogP contribution in [0, 0.1) is 20.8 Å². The molecule has 34 heavy (non-hydrogen) atoms. The van der Waals surface area contributed by atoms with Crippen LogP contribution in [0.2, 0.25) is 5.02 Å². The first-order valence-electron chi connectivity index (χ1n) is 11.0. The lowest BCUT2D eigenvalue weighted by atomic mass is 10.0. The maximum Gasteiger partial charge on any atom is 0.259 e. The van der Waals surface area contributed by atoms with Crippen molar-refractivity contribution in [3.05, 3.63) is 75.9 Å². The Morgan fingerprint density at radius 2 is 1.79 bits per heavy atom. The van der Waals surface area contributed by atoms with Crippen molar-refractivity contribution in [3.8, 4) is 11.3 Å². The van der Waals surface area contributed by atoms with Gasteiger partial charge in [-0.3, -0.25) is 9.59 Å². The monoisotopic (exact) mass is 476 g/mol. The van der Waals surface area contributed by atoms with Crippen molar-refractivity contribution in [2.24, 2.45) is 0 Å². The second-order valence-electron chi connectivity index (χ2n) is 8.20. The van der Waals surface area contributed by atoms with Crippen LogP contribution in [0.4, 0.5) is 5.69 Å². The molecule has 0 fully saturated rings. The van der Waals surface area contributed by atoms with E-state index in [1.165, 1.54) is 4.90 Å². The van der Waals surface area contributed by atoms with Crippen LogP contribution in [0.1, 0.15) is 34.1 Å². The lowest BCUT2D eigenvalue weighted by molar-refractivity contribution is -0.116. The quantitative estimate of drug-likeness (QED) is 0.393. The standard InChI is InChI=1S/C26H25ClN4O3/c1-5-31(14-23(32)28-21-12-19(27)11-8-16(21)3)26(33)20-13-22(18-9-6-15(2)7-10-18)29-25-24(20)17(4)30-34-25/h6-13H,5,14H2,1-4H3,(H,28,32). The second kappa shape index (κ2) is 9.65. The number of carbonyl (C=O) groups is 2. The van der Waals surface area contributed by atoms with E-state index < -0.39 is 0 Å². The molecule has 4 rings (SSSR count). The van der Waals surface area contributed by atoms with E-state index in [1.807, 2.05) is 51.1 Å². The Morgan fingerprint density at radius 1 is 1.06 bits per heavy atom. The van der Waals surface area contributed by atoms with Gasteiger partial charge >= 0.3 is 0 Å². The number of aryl methyl sites for hydroxylation is 3. The van der Waals surface area contributed by atoms with Crippen molar-refractivity contribution in [2.45, 2.75) is 27.7 Å². The third-order valence-corrected chi connectivity index (χ3v) is 5.91. The minimum atomic E-state index is -0.313. The van der Waals surface area contributed by atoms with Gasteiger partial charge in [0.25, 0.3) is 11.6 Å². The number of benzene rings is 2. The number of carbonyl (C=O) groups excluding carboxylic acids is 2. The topological polar surface area (TPSA) is 88.3 Å². The summed E-state index contributed by atoms with van der Waals surface area (Å²) in [5, 5.41) is 7.93. The molecule has 4 aromatic rings. The fourth-order valence-electron chi connectivity index (χ4n) is 3.73. The number of nitrogens with zero attached hydrogens (tertiary/aromatic N) is 3. The molecule has 0 aliphatic carbocycles. The van der Waals surface area contributed by atoms with Crippen molar-refractivity contribution in [2.75, 3.05) is 18.4 Å². The third-order valence-electron chi connectivity index (χ3n) is 5.67. The van der Waals surface area contributed by atoms with Crippen LogP contribution in [0.25, 0.3) is 22.4 Å². The summed E-state index contributed by atoms with van der Waals surface area (Å²) in [6, 6.07) is 14.9. The molecule has 7 nitrogen and oxygen atoms in total. The highest BCUT2D eigenvalue weighted by atomic mass is 35.5. The summed E-state index contributed by atoms with van der Waals surface area (Å²) in [6.07, 6.45) is 0. The smallest absolute Gasteiger partial charge is 0.259 e. The molecule has 1 N–H and O–H groups in total. The Kier molecular flexibility index (Phi) is 6.65. The molecule has 0 radical (unpaired) electrons. The molecule has 0 aliphatic rings. The number of halogens is 1. The van der Waals surface area contributed by atoms with Crippen molar-refractivity contribution >= 4 is 40.2 Å². The largest absolute Gasteiger partial charge is 0.335 e. The summed E-state index contributed by atoms with van der Waals surface area (Å²) < 4.78 is 5.40. The number of fused-ring (bicyclic) bond motifs is 1. The minimum absolute atomic E-state index is 0.116. The third kappa shape index (κ3) is 4.79. The number of likely N-dealkylation sites (N-methyl/N-ethyl adjacent to an activating group) is 1. The van der Waals surface area contributed by atoms with Crippen LogP contribution in [0.5, 0.6) is 0 Å². The summed E-state index contributed by atoms with van der Waals surface area (Å²) >= 11 is 6.06. The second-order valence-corrected chi connectivity index (χ2v) is 8.63. The van der Waals surface area contributed by atoms with Crippen molar-refractivity contribution in [1.29, 1.82) is 0 Å². The normalized spacial score (nSPS) is 11.0. The molecule has 0 bridgehead atoms. The molecular weight excluding hydrogens is 452 g/mol. The lowest BCUT2D eigenvalue weighted by Gasteiger charge is -2.21. The zero-order valence-electron chi connectivity index (χ0n) is 19.5. The Morgan fingerprint density at radius 3 is 2.50 bits per heavy atom. The van der Waals surface area contributed by atoms with Gasteiger partial charge in [0.05, 0.1) is 22.3 Å².